The van der Waals surface area contributed by atoms with E-state index < -0.39 is 0 Å². The van der Waals surface area contributed by atoms with Gasteiger partial charge < -0.3 is 10.3 Å². The highest BCUT2D eigenvalue weighted by molar-refractivity contribution is 6.30. The first-order valence-electron chi connectivity index (χ1n) is 5.64. The third-order valence-electron chi connectivity index (χ3n) is 2.75. The maximum absolute atomic E-state index is 5.94. The monoisotopic (exact) mass is 250 g/mol. The Balaban J connectivity index is 2.52. The highest BCUT2D eigenvalue weighted by Gasteiger charge is 2.16. The smallest absolute Gasteiger partial charge is 0.172 e. The molecule has 1 heterocycles. The van der Waals surface area contributed by atoms with Gasteiger partial charge in [0.1, 0.15) is 0 Å². The minimum absolute atomic E-state index is 0.483. The van der Waals surface area contributed by atoms with Crippen LogP contribution in [0, 0.1) is 6.92 Å². The molecular formula is C13H15ClN2O. The first-order valence-corrected chi connectivity index (χ1v) is 6.01. The molecule has 0 unspecified atom stereocenters. The zero-order chi connectivity index (χ0) is 12.4. The molecule has 90 valence electrons. The maximum Gasteiger partial charge on any atom is 0.172 e. The molecule has 0 saturated heterocycles. The molecule has 1 aromatic carbocycles. The van der Waals surface area contributed by atoms with E-state index in [2.05, 4.69) is 12.1 Å². The minimum atomic E-state index is 0.483. The van der Waals surface area contributed by atoms with Crippen LogP contribution in [-0.2, 0) is 6.42 Å². The lowest BCUT2D eigenvalue weighted by atomic mass is 10.0. The number of nitrogen functional groups attached to an aromatic ring is 1. The number of halogens is 1. The SMILES string of the molecule is CCCc1c(N)noc1-c1ccc(Cl)cc1C. The summed E-state index contributed by atoms with van der Waals surface area (Å²) in [5, 5.41) is 4.56. The molecule has 2 rings (SSSR count). The summed E-state index contributed by atoms with van der Waals surface area (Å²) in [7, 11) is 0. The number of aryl methyl sites for hydroxylation is 1. The maximum atomic E-state index is 5.94. The van der Waals surface area contributed by atoms with Crippen LogP contribution in [0.15, 0.2) is 22.7 Å². The fourth-order valence-corrected chi connectivity index (χ4v) is 2.13. The van der Waals surface area contributed by atoms with E-state index in [-0.39, 0.29) is 0 Å². The summed E-state index contributed by atoms with van der Waals surface area (Å²) in [6, 6.07) is 5.69. The van der Waals surface area contributed by atoms with Crippen LogP contribution < -0.4 is 5.73 Å². The molecule has 0 aliphatic heterocycles. The van der Waals surface area contributed by atoms with Crippen LogP contribution >= 0.6 is 11.6 Å². The fraction of sp³-hybridized carbons (Fsp3) is 0.308. The molecule has 1 aromatic heterocycles. The van der Waals surface area contributed by atoms with E-state index in [4.69, 9.17) is 21.9 Å². The Bertz CT molecular complexity index is 534. The molecular weight excluding hydrogens is 236 g/mol. The fourth-order valence-electron chi connectivity index (χ4n) is 1.91. The Morgan fingerprint density at radius 3 is 2.82 bits per heavy atom. The number of aromatic nitrogens is 1. The lowest BCUT2D eigenvalue weighted by Gasteiger charge is -2.05. The Morgan fingerprint density at radius 2 is 2.18 bits per heavy atom. The normalized spacial score (nSPS) is 10.8. The summed E-state index contributed by atoms with van der Waals surface area (Å²) >= 11 is 5.94. The molecule has 0 spiro atoms. The number of benzene rings is 1. The molecule has 2 aromatic rings. The molecule has 0 aliphatic rings. The van der Waals surface area contributed by atoms with Crippen molar-refractivity contribution in [3.63, 3.8) is 0 Å². The number of nitrogens with zero attached hydrogens (tertiary/aromatic N) is 1. The van der Waals surface area contributed by atoms with Gasteiger partial charge in [0.25, 0.3) is 0 Å². The van der Waals surface area contributed by atoms with Crippen LogP contribution in [0.2, 0.25) is 5.02 Å². The number of hydrogen-bond acceptors (Lipinski definition) is 3. The summed E-state index contributed by atoms with van der Waals surface area (Å²) in [5.41, 5.74) is 8.86. The van der Waals surface area contributed by atoms with Gasteiger partial charge in [0.05, 0.1) is 0 Å². The van der Waals surface area contributed by atoms with Gasteiger partial charge in [-0.2, -0.15) is 0 Å². The van der Waals surface area contributed by atoms with E-state index in [0.29, 0.717) is 5.82 Å². The number of anilines is 1. The average Bonchev–Trinajstić information content (AvgIpc) is 2.62. The van der Waals surface area contributed by atoms with Gasteiger partial charge in [-0.25, -0.2) is 0 Å². The average molecular weight is 251 g/mol. The number of hydrogen-bond donors (Lipinski definition) is 1. The molecule has 0 aliphatic carbocycles. The van der Waals surface area contributed by atoms with Crippen molar-refractivity contribution in [2.45, 2.75) is 26.7 Å². The molecule has 17 heavy (non-hydrogen) atoms. The summed E-state index contributed by atoms with van der Waals surface area (Å²) in [4.78, 5) is 0. The summed E-state index contributed by atoms with van der Waals surface area (Å²) in [6.45, 7) is 4.10. The Labute approximate surface area is 106 Å². The van der Waals surface area contributed by atoms with Crippen LogP contribution in [0.4, 0.5) is 5.82 Å². The van der Waals surface area contributed by atoms with E-state index >= 15 is 0 Å². The van der Waals surface area contributed by atoms with E-state index in [9.17, 15) is 0 Å². The predicted molar refractivity (Wildman–Crippen MR) is 70.1 cm³/mol. The molecule has 3 nitrogen and oxygen atoms in total. The van der Waals surface area contributed by atoms with Crippen molar-refractivity contribution >= 4 is 17.4 Å². The van der Waals surface area contributed by atoms with Crippen LogP contribution in [-0.4, -0.2) is 5.16 Å². The molecule has 4 heteroatoms. The molecule has 0 amide bonds. The molecule has 0 radical (unpaired) electrons. The molecule has 0 fully saturated rings. The summed E-state index contributed by atoms with van der Waals surface area (Å²) < 4.78 is 5.34. The minimum Gasteiger partial charge on any atom is -0.381 e. The van der Waals surface area contributed by atoms with E-state index in [1.807, 2.05) is 25.1 Å². The van der Waals surface area contributed by atoms with Gasteiger partial charge in [0, 0.05) is 16.1 Å². The second kappa shape index (κ2) is 4.80. The molecule has 2 N–H and O–H groups in total. The van der Waals surface area contributed by atoms with Gasteiger partial charge in [-0.3, -0.25) is 0 Å². The first-order chi connectivity index (χ1) is 8.13. The predicted octanol–water partition coefficient (Wildman–Crippen LogP) is 3.84. The second-order valence-electron chi connectivity index (χ2n) is 4.08. The highest BCUT2D eigenvalue weighted by Crippen LogP contribution is 2.32. The van der Waals surface area contributed by atoms with Gasteiger partial charge >= 0.3 is 0 Å². The first kappa shape index (κ1) is 12.0. The van der Waals surface area contributed by atoms with Crippen molar-refractivity contribution in [1.29, 1.82) is 0 Å². The van der Waals surface area contributed by atoms with Crippen molar-refractivity contribution in [1.82, 2.24) is 5.16 Å². The van der Waals surface area contributed by atoms with Crippen molar-refractivity contribution in [2.24, 2.45) is 0 Å². The van der Waals surface area contributed by atoms with E-state index in [1.54, 1.807) is 0 Å². The Morgan fingerprint density at radius 1 is 1.41 bits per heavy atom. The van der Waals surface area contributed by atoms with Gasteiger partial charge in [-0.05, 0) is 37.1 Å². The summed E-state index contributed by atoms with van der Waals surface area (Å²) in [6.07, 6.45) is 1.87. The van der Waals surface area contributed by atoms with Crippen LogP contribution in [0.5, 0.6) is 0 Å². The molecule has 0 saturated carbocycles. The van der Waals surface area contributed by atoms with Crippen molar-refractivity contribution in [3.05, 3.63) is 34.3 Å². The van der Waals surface area contributed by atoms with Crippen molar-refractivity contribution in [2.75, 3.05) is 5.73 Å². The largest absolute Gasteiger partial charge is 0.381 e. The van der Waals surface area contributed by atoms with Crippen molar-refractivity contribution < 1.29 is 4.52 Å². The zero-order valence-electron chi connectivity index (χ0n) is 9.96. The lowest BCUT2D eigenvalue weighted by Crippen LogP contribution is -1.93. The summed E-state index contributed by atoms with van der Waals surface area (Å²) in [5.74, 6) is 1.25. The van der Waals surface area contributed by atoms with Crippen LogP contribution in [0.3, 0.4) is 0 Å². The van der Waals surface area contributed by atoms with Crippen LogP contribution in [0.25, 0.3) is 11.3 Å². The third-order valence-corrected chi connectivity index (χ3v) is 2.99. The van der Waals surface area contributed by atoms with Gasteiger partial charge in [0.15, 0.2) is 11.6 Å². The Kier molecular flexibility index (Phi) is 3.38. The Hall–Kier alpha value is -1.48. The standard InChI is InChI=1S/C13H15ClN2O/c1-3-4-11-12(17-16-13(11)15)10-6-5-9(14)7-8(10)2/h5-7H,3-4H2,1-2H3,(H2,15,16). The quantitative estimate of drug-likeness (QED) is 0.901. The molecule has 0 bridgehead atoms. The van der Waals surface area contributed by atoms with E-state index in [0.717, 1.165) is 40.3 Å². The van der Waals surface area contributed by atoms with E-state index in [1.165, 1.54) is 0 Å². The zero-order valence-corrected chi connectivity index (χ0v) is 10.7. The highest BCUT2D eigenvalue weighted by atomic mass is 35.5. The number of nitrogens with two attached hydrogens (primary N) is 1. The van der Waals surface area contributed by atoms with Gasteiger partial charge in [-0.15, -0.1) is 0 Å². The second-order valence-corrected chi connectivity index (χ2v) is 4.52. The van der Waals surface area contributed by atoms with Crippen LogP contribution in [0.1, 0.15) is 24.5 Å². The topological polar surface area (TPSA) is 52.0 Å². The lowest BCUT2D eigenvalue weighted by molar-refractivity contribution is 0.434. The van der Waals surface area contributed by atoms with Gasteiger partial charge in [-0.1, -0.05) is 30.1 Å². The number of rotatable bonds is 3. The molecule has 0 atom stereocenters. The third kappa shape index (κ3) is 2.29. The van der Waals surface area contributed by atoms with Crippen molar-refractivity contribution in [3.8, 4) is 11.3 Å². The van der Waals surface area contributed by atoms with Gasteiger partial charge in [0.2, 0.25) is 0 Å².